The average Bonchev–Trinajstić information content (AvgIpc) is 2.83. The maximum absolute atomic E-state index is 4.38. The largest absolute Gasteiger partial charge is 0.319 e. The van der Waals surface area contributed by atoms with E-state index in [0.29, 0.717) is 5.54 Å². The van der Waals surface area contributed by atoms with Gasteiger partial charge < -0.3 is 9.88 Å². The highest BCUT2D eigenvalue weighted by atomic mass is 15.3. The lowest BCUT2D eigenvalue weighted by Crippen LogP contribution is -2.52. The third kappa shape index (κ3) is 1.83. The Balaban J connectivity index is 1.66. The molecule has 0 saturated heterocycles. The third-order valence-corrected chi connectivity index (χ3v) is 5.73. The van der Waals surface area contributed by atoms with Crippen LogP contribution in [0.25, 0.3) is 0 Å². The lowest BCUT2D eigenvalue weighted by Gasteiger charge is -2.57. The SMILES string of the molecule is CNCCc1nncn1C12CC3CC(CC(C3)C1)C2. The first-order valence-electron chi connectivity index (χ1n) is 7.83. The van der Waals surface area contributed by atoms with E-state index in [-0.39, 0.29) is 0 Å². The molecule has 1 N–H and O–H groups in total. The van der Waals surface area contributed by atoms with E-state index in [9.17, 15) is 0 Å². The quantitative estimate of drug-likeness (QED) is 0.900. The van der Waals surface area contributed by atoms with Crippen LogP contribution in [0.3, 0.4) is 0 Å². The van der Waals surface area contributed by atoms with Crippen molar-refractivity contribution >= 4 is 0 Å². The summed E-state index contributed by atoms with van der Waals surface area (Å²) < 4.78 is 2.47. The molecular weight excluding hydrogens is 236 g/mol. The van der Waals surface area contributed by atoms with Crippen LogP contribution in [0.1, 0.15) is 44.3 Å². The summed E-state index contributed by atoms with van der Waals surface area (Å²) in [6.45, 7) is 0.991. The summed E-state index contributed by atoms with van der Waals surface area (Å²) in [7, 11) is 2.01. The minimum atomic E-state index is 0.376. The lowest BCUT2D eigenvalue weighted by molar-refractivity contribution is -0.0445. The summed E-state index contributed by atoms with van der Waals surface area (Å²) in [5, 5.41) is 11.8. The van der Waals surface area contributed by atoms with Gasteiger partial charge in [-0.05, 0) is 63.3 Å². The van der Waals surface area contributed by atoms with Gasteiger partial charge in [-0.2, -0.15) is 0 Å². The molecule has 4 aliphatic rings. The van der Waals surface area contributed by atoms with Crippen LogP contribution in [-0.2, 0) is 12.0 Å². The van der Waals surface area contributed by atoms with Crippen LogP contribution < -0.4 is 5.32 Å². The fourth-order valence-electron chi connectivity index (χ4n) is 5.42. The highest BCUT2D eigenvalue weighted by Gasteiger charge is 2.52. The van der Waals surface area contributed by atoms with E-state index in [1.54, 1.807) is 0 Å². The molecule has 1 aromatic heterocycles. The Morgan fingerprint density at radius 3 is 2.42 bits per heavy atom. The van der Waals surface area contributed by atoms with Crippen LogP contribution in [0.15, 0.2) is 6.33 Å². The molecule has 4 nitrogen and oxygen atoms in total. The second-order valence-electron chi connectivity index (χ2n) is 7.11. The maximum Gasteiger partial charge on any atom is 0.134 e. The van der Waals surface area contributed by atoms with Crippen LogP contribution >= 0.6 is 0 Å². The highest BCUT2D eigenvalue weighted by Crippen LogP contribution is 2.58. The predicted octanol–water partition coefficient (Wildman–Crippen LogP) is 1.97. The Hall–Kier alpha value is -0.900. The highest BCUT2D eigenvalue weighted by molar-refractivity contribution is 5.08. The van der Waals surface area contributed by atoms with Crippen molar-refractivity contribution in [1.82, 2.24) is 20.1 Å². The molecule has 19 heavy (non-hydrogen) atoms. The first-order chi connectivity index (χ1) is 9.29. The molecule has 0 aromatic carbocycles. The van der Waals surface area contributed by atoms with E-state index in [4.69, 9.17) is 0 Å². The summed E-state index contributed by atoms with van der Waals surface area (Å²) in [5.41, 5.74) is 0.376. The summed E-state index contributed by atoms with van der Waals surface area (Å²) in [5.74, 6) is 4.12. The van der Waals surface area contributed by atoms with Gasteiger partial charge >= 0.3 is 0 Å². The number of nitrogens with one attached hydrogen (secondary N) is 1. The summed E-state index contributed by atoms with van der Waals surface area (Å²) in [6.07, 6.45) is 11.6. The van der Waals surface area contributed by atoms with E-state index in [0.717, 1.165) is 30.7 Å². The van der Waals surface area contributed by atoms with Crippen LogP contribution in [0.4, 0.5) is 0 Å². The van der Waals surface area contributed by atoms with Gasteiger partial charge in [-0.25, -0.2) is 0 Å². The Bertz CT molecular complexity index is 429. The van der Waals surface area contributed by atoms with Gasteiger partial charge in [0.25, 0.3) is 0 Å². The van der Waals surface area contributed by atoms with Crippen molar-refractivity contribution in [3.8, 4) is 0 Å². The van der Waals surface area contributed by atoms with Gasteiger partial charge in [0.2, 0.25) is 0 Å². The topological polar surface area (TPSA) is 42.7 Å². The molecule has 0 radical (unpaired) electrons. The summed E-state index contributed by atoms with van der Waals surface area (Å²) in [6, 6.07) is 0. The molecule has 4 aliphatic carbocycles. The van der Waals surface area contributed by atoms with Crippen molar-refractivity contribution < 1.29 is 0 Å². The number of nitrogens with zero attached hydrogens (tertiary/aromatic N) is 3. The van der Waals surface area contributed by atoms with Crippen LogP contribution in [0.5, 0.6) is 0 Å². The van der Waals surface area contributed by atoms with Gasteiger partial charge in [0.15, 0.2) is 0 Å². The van der Waals surface area contributed by atoms with Crippen molar-refractivity contribution in [3.05, 3.63) is 12.2 Å². The van der Waals surface area contributed by atoms with Gasteiger partial charge in [0, 0.05) is 18.5 Å². The predicted molar refractivity (Wildman–Crippen MR) is 73.8 cm³/mol. The molecule has 5 rings (SSSR count). The molecule has 1 aromatic rings. The Morgan fingerprint density at radius 1 is 1.21 bits per heavy atom. The first-order valence-corrected chi connectivity index (χ1v) is 7.83. The molecule has 0 aliphatic heterocycles. The third-order valence-electron chi connectivity index (χ3n) is 5.73. The Kier molecular flexibility index (Phi) is 2.69. The van der Waals surface area contributed by atoms with Gasteiger partial charge in [-0.1, -0.05) is 0 Å². The van der Waals surface area contributed by atoms with E-state index >= 15 is 0 Å². The second kappa shape index (κ2) is 4.30. The zero-order valence-electron chi connectivity index (χ0n) is 11.8. The number of aromatic nitrogens is 3. The fourth-order valence-corrected chi connectivity index (χ4v) is 5.42. The van der Waals surface area contributed by atoms with E-state index < -0.39 is 0 Å². The molecule has 104 valence electrons. The minimum absolute atomic E-state index is 0.376. The van der Waals surface area contributed by atoms with Crippen molar-refractivity contribution in [2.45, 2.75) is 50.5 Å². The van der Waals surface area contributed by atoms with Crippen LogP contribution in [0, 0.1) is 17.8 Å². The zero-order valence-corrected chi connectivity index (χ0v) is 11.8. The molecule has 0 unspecified atom stereocenters. The second-order valence-corrected chi connectivity index (χ2v) is 7.11. The molecule has 4 heteroatoms. The Labute approximate surface area is 115 Å². The lowest BCUT2D eigenvalue weighted by atomic mass is 9.53. The number of likely N-dealkylation sites (N-methyl/N-ethyl adjacent to an activating group) is 1. The smallest absolute Gasteiger partial charge is 0.134 e. The normalized spacial score (nSPS) is 39.9. The standard InChI is InChI=1S/C15H24N4/c1-16-3-2-14-18-17-10-19(14)15-7-11-4-12(8-15)6-13(5-11)9-15/h10-13,16H,2-9H2,1H3. The number of rotatable bonds is 4. The van der Waals surface area contributed by atoms with Crippen molar-refractivity contribution in [2.75, 3.05) is 13.6 Å². The van der Waals surface area contributed by atoms with Gasteiger partial charge in [0.05, 0.1) is 0 Å². The summed E-state index contributed by atoms with van der Waals surface area (Å²) in [4.78, 5) is 0. The zero-order chi connectivity index (χ0) is 12.9. The van der Waals surface area contributed by atoms with Gasteiger partial charge in [-0.15, -0.1) is 10.2 Å². The van der Waals surface area contributed by atoms with E-state index in [2.05, 4.69) is 20.1 Å². The molecule has 1 heterocycles. The number of hydrogen-bond acceptors (Lipinski definition) is 3. The van der Waals surface area contributed by atoms with Crippen LogP contribution in [0.2, 0.25) is 0 Å². The van der Waals surface area contributed by atoms with E-state index in [1.807, 2.05) is 13.4 Å². The van der Waals surface area contributed by atoms with Gasteiger partial charge in [-0.3, -0.25) is 0 Å². The fraction of sp³-hybridized carbons (Fsp3) is 0.867. The number of hydrogen-bond donors (Lipinski definition) is 1. The van der Waals surface area contributed by atoms with Crippen molar-refractivity contribution in [1.29, 1.82) is 0 Å². The molecule has 4 fully saturated rings. The summed E-state index contributed by atoms with van der Waals surface area (Å²) >= 11 is 0. The minimum Gasteiger partial charge on any atom is -0.319 e. The average molecular weight is 260 g/mol. The molecule has 4 bridgehead atoms. The molecule has 0 amide bonds. The monoisotopic (exact) mass is 260 g/mol. The maximum atomic E-state index is 4.38. The van der Waals surface area contributed by atoms with Gasteiger partial charge in [0.1, 0.15) is 12.2 Å². The van der Waals surface area contributed by atoms with Crippen LogP contribution in [-0.4, -0.2) is 28.4 Å². The molecule has 4 saturated carbocycles. The van der Waals surface area contributed by atoms with Crippen molar-refractivity contribution in [3.63, 3.8) is 0 Å². The molecular formula is C15H24N4. The molecule has 0 spiro atoms. The molecule has 0 atom stereocenters. The Morgan fingerprint density at radius 2 is 1.84 bits per heavy atom. The first kappa shape index (κ1) is 11.9. The van der Waals surface area contributed by atoms with Crippen molar-refractivity contribution in [2.24, 2.45) is 17.8 Å². The van der Waals surface area contributed by atoms with E-state index in [1.165, 1.54) is 44.3 Å².